The number of methoxy groups -OCH3 is 1. The molecule has 0 saturated heterocycles. The molecule has 0 radical (unpaired) electrons. The van der Waals surface area contributed by atoms with Crippen LogP contribution in [-0.4, -0.2) is 35.1 Å². The first-order chi connectivity index (χ1) is 9.04. The molecule has 1 aliphatic carbocycles. The van der Waals surface area contributed by atoms with E-state index < -0.39 is 0 Å². The van der Waals surface area contributed by atoms with Crippen molar-refractivity contribution >= 4 is 0 Å². The van der Waals surface area contributed by atoms with Gasteiger partial charge in [0.15, 0.2) is 0 Å². The normalized spacial score (nSPS) is 19.8. The number of hydrogen-bond acceptors (Lipinski definition) is 3. The van der Waals surface area contributed by atoms with E-state index in [1.54, 1.807) is 7.11 Å². The van der Waals surface area contributed by atoms with Gasteiger partial charge in [0, 0.05) is 24.4 Å². The summed E-state index contributed by atoms with van der Waals surface area (Å²) in [5, 5.41) is 8.33. The van der Waals surface area contributed by atoms with Crippen LogP contribution in [0.1, 0.15) is 44.0 Å². The fraction of sp³-hybridized carbons (Fsp3) is 0.800. The molecule has 1 aromatic rings. The first-order valence-electron chi connectivity index (χ1n) is 7.32. The molecule has 1 aliphatic rings. The topological polar surface area (TPSA) is 39.1 Å². The van der Waals surface area contributed by atoms with E-state index in [9.17, 15) is 0 Å². The molecule has 1 aromatic heterocycles. The summed E-state index contributed by atoms with van der Waals surface area (Å²) in [5.41, 5.74) is 2.51. The van der Waals surface area contributed by atoms with Crippen molar-refractivity contribution in [2.45, 2.75) is 64.6 Å². The van der Waals surface area contributed by atoms with Crippen molar-refractivity contribution in [1.29, 1.82) is 0 Å². The molecule has 1 N–H and O–H groups in total. The highest BCUT2D eigenvalue weighted by Gasteiger charge is 2.34. The van der Waals surface area contributed by atoms with Crippen molar-refractivity contribution in [3.63, 3.8) is 0 Å². The van der Waals surface area contributed by atoms with Gasteiger partial charge in [-0.2, -0.15) is 5.10 Å². The summed E-state index contributed by atoms with van der Waals surface area (Å²) in [5.74, 6) is 0. The summed E-state index contributed by atoms with van der Waals surface area (Å²) in [6.45, 7) is 8.14. The molecular weight excluding hydrogens is 238 g/mol. The lowest BCUT2D eigenvalue weighted by atomic mass is 9.97. The minimum absolute atomic E-state index is 0.185. The number of ether oxygens (including phenoxy) is 1. The zero-order valence-corrected chi connectivity index (χ0v) is 12.7. The smallest absolute Gasteiger partial charge is 0.0644 e. The van der Waals surface area contributed by atoms with Crippen LogP contribution in [0, 0.1) is 13.8 Å². The average Bonchev–Trinajstić information content (AvgIpc) is 2.87. The highest BCUT2D eigenvalue weighted by molar-refractivity contribution is 5.07. The fourth-order valence-corrected chi connectivity index (χ4v) is 3.35. The summed E-state index contributed by atoms with van der Waals surface area (Å²) < 4.78 is 7.52. The molecule has 19 heavy (non-hydrogen) atoms. The Morgan fingerprint density at radius 3 is 2.63 bits per heavy atom. The second-order valence-corrected chi connectivity index (χ2v) is 6.08. The number of nitrogens with one attached hydrogen (secondary N) is 1. The van der Waals surface area contributed by atoms with E-state index in [0.29, 0.717) is 6.04 Å². The highest BCUT2D eigenvalue weighted by atomic mass is 16.5. The SMILES string of the molecule is COCC1(NC(C)Cn2nc(C)cc2C)CCCC1. The number of nitrogens with zero attached hydrogens (tertiary/aromatic N) is 2. The maximum absolute atomic E-state index is 5.42. The molecule has 0 amide bonds. The van der Waals surface area contributed by atoms with Crippen LogP contribution < -0.4 is 5.32 Å². The van der Waals surface area contributed by atoms with Gasteiger partial charge < -0.3 is 10.1 Å². The second-order valence-electron chi connectivity index (χ2n) is 6.08. The molecule has 1 heterocycles. The minimum atomic E-state index is 0.185. The Hall–Kier alpha value is -0.870. The summed E-state index contributed by atoms with van der Waals surface area (Å²) >= 11 is 0. The number of rotatable bonds is 6. The van der Waals surface area contributed by atoms with Crippen LogP contribution in [0.25, 0.3) is 0 Å². The second kappa shape index (κ2) is 6.06. The summed E-state index contributed by atoms with van der Waals surface area (Å²) in [6, 6.07) is 2.54. The zero-order chi connectivity index (χ0) is 13.9. The maximum Gasteiger partial charge on any atom is 0.0644 e. The van der Waals surface area contributed by atoms with Crippen LogP contribution in [0.4, 0.5) is 0 Å². The molecule has 0 bridgehead atoms. The zero-order valence-electron chi connectivity index (χ0n) is 12.7. The Kier molecular flexibility index (Phi) is 4.63. The van der Waals surface area contributed by atoms with Gasteiger partial charge in [-0.1, -0.05) is 12.8 Å². The highest BCUT2D eigenvalue weighted by Crippen LogP contribution is 2.30. The van der Waals surface area contributed by atoms with Gasteiger partial charge in [0.25, 0.3) is 0 Å². The molecule has 1 saturated carbocycles. The van der Waals surface area contributed by atoms with Crippen molar-refractivity contribution in [2.75, 3.05) is 13.7 Å². The van der Waals surface area contributed by atoms with E-state index in [1.807, 2.05) is 6.92 Å². The Morgan fingerprint density at radius 2 is 2.11 bits per heavy atom. The predicted molar refractivity (Wildman–Crippen MR) is 77.4 cm³/mol. The monoisotopic (exact) mass is 265 g/mol. The molecule has 0 aliphatic heterocycles. The van der Waals surface area contributed by atoms with Crippen molar-refractivity contribution in [3.05, 3.63) is 17.5 Å². The molecule has 4 heteroatoms. The molecule has 0 spiro atoms. The molecule has 1 fully saturated rings. The Labute approximate surface area is 116 Å². The number of hydrogen-bond donors (Lipinski definition) is 1. The Balaban J connectivity index is 1.96. The first kappa shape index (κ1) is 14.5. The number of aromatic nitrogens is 2. The van der Waals surface area contributed by atoms with Crippen molar-refractivity contribution in [2.24, 2.45) is 0 Å². The minimum Gasteiger partial charge on any atom is -0.383 e. The molecule has 1 unspecified atom stereocenters. The summed E-state index contributed by atoms with van der Waals surface area (Å²) in [7, 11) is 1.80. The van der Waals surface area contributed by atoms with Gasteiger partial charge in [-0.05, 0) is 39.7 Å². The van der Waals surface area contributed by atoms with E-state index in [1.165, 1.54) is 31.4 Å². The van der Waals surface area contributed by atoms with Crippen LogP contribution >= 0.6 is 0 Å². The number of aryl methyl sites for hydroxylation is 2. The average molecular weight is 265 g/mol. The van der Waals surface area contributed by atoms with Crippen LogP contribution in [0.15, 0.2) is 6.07 Å². The van der Waals surface area contributed by atoms with Gasteiger partial charge in [0.2, 0.25) is 0 Å². The molecule has 108 valence electrons. The molecular formula is C15H27N3O. The third kappa shape index (κ3) is 3.57. The quantitative estimate of drug-likeness (QED) is 0.858. The van der Waals surface area contributed by atoms with E-state index in [-0.39, 0.29) is 5.54 Å². The largest absolute Gasteiger partial charge is 0.383 e. The van der Waals surface area contributed by atoms with Crippen LogP contribution in [0.5, 0.6) is 0 Å². The van der Waals surface area contributed by atoms with Crippen LogP contribution in [-0.2, 0) is 11.3 Å². The molecule has 2 rings (SSSR count). The summed E-state index contributed by atoms with van der Waals surface area (Å²) in [6.07, 6.45) is 5.07. The molecule has 0 aromatic carbocycles. The summed E-state index contributed by atoms with van der Waals surface area (Å²) in [4.78, 5) is 0. The van der Waals surface area contributed by atoms with E-state index >= 15 is 0 Å². The van der Waals surface area contributed by atoms with Crippen molar-refractivity contribution in [3.8, 4) is 0 Å². The first-order valence-corrected chi connectivity index (χ1v) is 7.32. The third-order valence-corrected chi connectivity index (χ3v) is 4.08. The lowest BCUT2D eigenvalue weighted by molar-refractivity contribution is 0.102. The molecule has 4 nitrogen and oxygen atoms in total. The van der Waals surface area contributed by atoms with Gasteiger partial charge in [-0.25, -0.2) is 0 Å². The van der Waals surface area contributed by atoms with E-state index in [2.05, 4.69) is 35.0 Å². The Bertz CT molecular complexity index is 408. The fourth-order valence-electron chi connectivity index (χ4n) is 3.35. The van der Waals surface area contributed by atoms with E-state index in [0.717, 1.165) is 18.8 Å². The lowest BCUT2D eigenvalue weighted by Crippen LogP contribution is -2.51. The standard InChI is InChI=1S/C15H27N3O/c1-12-9-14(3)18(17-12)10-13(2)16-15(11-19-4)7-5-6-8-15/h9,13,16H,5-8,10-11H2,1-4H3. The van der Waals surface area contributed by atoms with Gasteiger partial charge in [-0.3, -0.25) is 4.68 Å². The van der Waals surface area contributed by atoms with Gasteiger partial charge in [-0.15, -0.1) is 0 Å². The van der Waals surface area contributed by atoms with Crippen molar-refractivity contribution < 1.29 is 4.74 Å². The third-order valence-electron chi connectivity index (χ3n) is 4.08. The maximum atomic E-state index is 5.42. The van der Waals surface area contributed by atoms with Crippen LogP contribution in [0.2, 0.25) is 0 Å². The lowest BCUT2D eigenvalue weighted by Gasteiger charge is -2.33. The van der Waals surface area contributed by atoms with Gasteiger partial charge in [0.1, 0.15) is 0 Å². The van der Waals surface area contributed by atoms with Crippen molar-refractivity contribution in [1.82, 2.24) is 15.1 Å². The van der Waals surface area contributed by atoms with E-state index in [4.69, 9.17) is 4.74 Å². The van der Waals surface area contributed by atoms with Gasteiger partial charge in [0.05, 0.1) is 18.8 Å². The molecule has 1 atom stereocenters. The van der Waals surface area contributed by atoms with Crippen LogP contribution in [0.3, 0.4) is 0 Å². The Morgan fingerprint density at radius 1 is 1.42 bits per heavy atom. The predicted octanol–water partition coefficient (Wildman–Crippen LogP) is 2.44. The van der Waals surface area contributed by atoms with Gasteiger partial charge >= 0.3 is 0 Å².